The van der Waals surface area contributed by atoms with E-state index in [0.29, 0.717) is 32.2 Å². The van der Waals surface area contributed by atoms with Gasteiger partial charge >= 0.3 is 12.0 Å². The summed E-state index contributed by atoms with van der Waals surface area (Å²) in [6, 6.07) is -0.184. The number of hydrogen-bond donors (Lipinski definition) is 2. The molecule has 0 atom stereocenters. The van der Waals surface area contributed by atoms with Gasteiger partial charge in [0.05, 0.1) is 5.92 Å². The van der Waals surface area contributed by atoms with Gasteiger partial charge in [-0.05, 0) is 12.3 Å². The number of aliphatic carboxylic acids is 1. The molecule has 2 amide bonds. The van der Waals surface area contributed by atoms with Crippen LogP contribution in [0.15, 0.2) is 0 Å². The lowest BCUT2D eigenvalue weighted by molar-refractivity contribution is -0.146. The third-order valence-electron chi connectivity index (χ3n) is 2.71. The van der Waals surface area contributed by atoms with Crippen molar-refractivity contribution in [2.75, 3.05) is 32.8 Å². The molecule has 6 nitrogen and oxygen atoms in total. The maximum atomic E-state index is 11.5. The van der Waals surface area contributed by atoms with Crippen LogP contribution in [0.1, 0.15) is 20.3 Å². The Bertz CT molecular complexity index is 288. The van der Waals surface area contributed by atoms with Crippen LogP contribution in [0.5, 0.6) is 0 Å². The van der Waals surface area contributed by atoms with Gasteiger partial charge in [0.25, 0.3) is 0 Å². The molecule has 0 bridgehead atoms. The average molecular weight is 258 g/mol. The minimum Gasteiger partial charge on any atom is -0.481 e. The molecule has 1 heterocycles. The molecule has 0 aromatic heterocycles. The van der Waals surface area contributed by atoms with Crippen molar-refractivity contribution in [3.63, 3.8) is 0 Å². The molecule has 6 heteroatoms. The Labute approximate surface area is 107 Å². The number of carboxylic acid groups (broad SMARTS) is 1. The van der Waals surface area contributed by atoms with Crippen molar-refractivity contribution in [3.8, 4) is 0 Å². The van der Waals surface area contributed by atoms with E-state index < -0.39 is 11.9 Å². The molecule has 1 saturated heterocycles. The lowest BCUT2D eigenvalue weighted by Gasteiger charge is -2.36. The average Bonchev–Trinajstić information content (AvgIpc) is 2.19. The number of carbonyl (C=O) groups excluding carboxylic acids is 1. The molecule has 1 aliphatic heterocycles. The van der Waals surface area contributed by atoms with Crippen LogP contribution in [-0.4, -0.2) is 54.9 Å². The van der Waals surface area contributed by atoms with E-state index in [1.807, 2.05) is 0 Å². The van der Waals surface area contributed by atoms with Crippen LogP contribution in [0.2, 0.25) is 0 Å². The third kappa shape index (κ3) is 4.91. The van der Waals surface area contributed by atoms with Crippen molar-refractivity contribution < 1.29 is 19.4 Å². The smallest absolute Gasteiger partial charge is 0.317 e. The normalized spacial score (nSPS) is 15.6. The van der Waals surface area contributed by atoms with Crippen LogP contribution in [0, 0.1) is 11.8 Å². The monoisotopic (exact) mass is 258 g/mol. The van der Waals surface area contributed by atoms with E-state index in [1.165, 1.54) is 4.90 Å². The van der Waals surface area contributed by atoms with Gasteiger partial charge < -0.3 is 20.1 Å². The van der Waals surface area contributed by atoms with E-state index in [-0.39, 0.29) is 6.03 Å². The van der Waals surface area contributed by atoms with E-state index in [2.05, 4.69) is 19.2 Å². The zero-order valence-corrected chi connectivity index (χ0v) is 11.0. The Balaban J connectivity index is 1.97. The summed E-state index contributed by atoms with van der Waals surface area (Å²) in [6.45, 7) is 6.73. The predicted molar refractivity (Wildman–Crippen MR) is 66.4 cm³/mol. The van der Waals surface area contributed by atoms with Gasteiger partial charge in [-0.15, -0.1) is 0 Å². The number of ether oxygens (including phenoxy) is 1. The maximum absolute atomic E-state index is 11.5. The van der Waals surface area contributed by atoms with E-state index in [0.717, 1.165) is 13.0 Å². The number of likely N-dealkylation sites (tertiary alicyclic amines) is 1. The number of urea groups is 1. The highest BCUT2D eigenvalue weighted by atomic mass is 16.5. The number of hydrogen-bond acceptors (Lipinski definition) is 3. The first-order chi connectivity index (χ1) is 8.50. The zero-order chi connectivity index (χ0) is 13.5. The van der Waals surface area contributed by atoms with Gasteiger partial charge in [-0.3, -0.25) is 4.79 Å². The molecule has 0 aromatic rings. The zero-order valence-electron chi connectivity index (χ0n) is 11.0. The summed E-state index contributed by atoms with van der Waals surface area (Å²) in [5, 5.41) is 11.4. The second kappa shape index (κ2) is 7.20. The fourth-order valence-electron chi connectivity index (χ4n) is 1.60. The molecule has 0 aromatic carbocycles. The number of carboxylic acids is 1. The molecule has 1 fully saturated rings. The third-order valence-corrected chi connectivity index (χ3v) is 2.71. The molecular formula is C12H22N2O4. The molecule has 1 rings (SSSR count). The topological polar surface area (TPSA) is 78.9 Å². The minimum atomic E-state index is -0.832. The number of nitrogens with zero attached hydrogens (tertiary/aromatic N) is 1. The first kappa shape index (κ1) is 14.8. The number of nitrogens with one attached hydrogen (secondary N) is 1. The molecule has 2 N–H and O–H groups in total. The molecule has 0 radical (unpaired) electrons. The van der Waals surface area contributed by atoms with E-state index >= 15 is 0 Å². The van der Waals surface area contributed by atoms with Crippen molar-refractivity contribution in [1.29, 1.82) is 0 Å². The molecule has 0 spiro atoms. The molecular weight excluding hydrogens is 236 g/mol. The van der Waals surface area contributed by atoms with Gasteiger partial charge in [0.1, 0.15) is 0 Å². The highest BCUT2D eigenvalue weighted by Gasteiger charge is 2.35. The van der Waals surface area contributed by atoms with Crippen molar-refractivity contribution in [3.05, 3.63) is 0 Å². The first-order valence-electron chi connectivity index (χ1n) is 6.34. The van der Waals surface area contributed by atoms with Gasteiger partial charge in [-0.2, -0.15) is 0 Å². The number of rotatable bonds is 7. The van der Waals surface area contributed by atoms with Crippen LogP contribution in [-0.2, 0) is 9.53 Å². The Morgan fingerprint density at radius 3 is 2.67 bits per heavy atom. The standard InChI is InChI=1S/C12H22N2O4/c1-9(2)8-18-5-3-4-13-12(17)14-6-10(7-14)11(15)16/h9-10H,3-8H2,1-2H3,(H,13,17)(H,15,16). The van der Waals surface area contributed by atoms with E-state index in [1.54, 1.807) is 0 Å². The summed E-state index contributed by atoms with van der Waals surface area (Å²) >= 11 is 0. The summed E-state index contributed by atoms with van der Waals surface area (Å²) in [6.07, 6.45) is 0.772. The minimum absolute atomic E-state index is 0.184. The number of amides is 2. The molecule has 1 aliphatic rings. The second-order valence-electron chi connectivity index (χ2n) is 4.99. The Morgan fingerprint density at radius 2 is 2.11 bits per heavy atom. The summed E-state index contributed by atoms with van der Waals surface area (Å²) in [7, 11) is 0. The quantitative estimate of drug-likeness (QED) is 0.661. The maximum Gasteiger partial charge on any atom is 0.317 e. The second-order valence-corrected chi connectivity index (χ2v) is 4.99. The van der Waals surface area contributed by atoms with Crippen molar-refractivity contribution in [2.24, 2.45) is 11.8 Å². The molecule has 18 heavy (non-hydrogen) atoms. The lowest BCUT2D eigenvalue weighted by Crippen LogP contribution is -2.56. The van der Waals surface area contributed by atoms with Crippen LogP contribution in [0.4, 0.5) is 4.79 Å². The Hall–Kier alpha value is -1.30. The van der Waals surface area contributed by atoms with Crippen molar-refractivity contribution in [1.82, 2.24) is 10.2 Å². The van der Waals surface area contributed by atoms with Crippen molar-refractivity contribution in [2.45, 2.75) is 20.3 Å². The van der Waals surface area contributed by atoms with Crippen LogP contribution >= 0.6 is 0 Å². The highest BCUT2D eigenvalue weighted by Crippen LogP contribution is 2.14. The fourth-order valence-corrected chi connectivity index (χ4v) is 1.60. The molecule has 0 saturated carbocycles. The Morgan fingerprint density at radius 1 is 1.44 bits per heavy atom. The molecule has 0 aliphatic carbocycles. The van der Waals surface area contributed by atoms with E-state index in [4.69, 9.17) is 9.84 Å². The first-order valence-corrected chi connectivity index (χ1v) is 6.34. The van der Waals surface area contributed by atoms with Gasteiger partial charge in [0, 0.05) is 32.8 Å². The highest BCUT2D eigenvalue weighted by molar-refractivity contribution is 5.79. The van der Waals surface area contributed by atoms with Gasteiger partial charge in [0.15, 0.2) is 0 Å². The van der Waals surface area contributed by atoms with Crippen LogP contribution < -0.4 is 5.32 Å². The lowest BCUT2D eigenvalue weighted by atomic mass is 10.0. The molecule has 104 valence electrons. The summed E-state index contributed by atoms with van der Waals surface area (Å²) in [4.78, 5) is 23.6. The predicted octanol–water partition coefficient (Wildman–Crippen LogP) is 0.775. The van der Waals surface area contributed by atoms with Gasteiger partial charge in [0.2, 0.25) is 0 Å². The van der Waals surface area contributed by atoms with Crippen LogP contribution in [0.25, 0.3) is 0 Å². The fraction of sp³-hybridized carbons (Fsp3) is 0.833. The van der Waals surface area contributed by atoms with Gasteiger partial charge in [-0.25, -0.2) is 4.79 Å². The number of carbonyl (C=O) groups is 2. The SMILES string of the molecule is CC(C)COCCCNC(=O)N1CC(C(=O)O)C1. The molecule has 0 unspecified atom stereocenters. The summed E-state index contributed by atoms with van der Waals surface area (Å²) < 4.78 is 5.38. The summed E-state index contributed by atoms with van der Waals surface area (Å²) in [5.74, 6) is -0.708. The Kier molecular flexibility index (Phi) is 5.91. The van der Waals surface area contributed by atoms with Crippen molar-refractivity contribution >= 4 is 12.0 Å². The van der Waals surface area contributed by atoms with E-state index in [9.17, 15) is 9.59 Å². The largest absolute Gasteiger partial charge is 0.481 e. The summed E-state index contributed by atoms with van der Waals surface area (Å²) in [5.41, 5.74) is 0. The van der Waals surface area contributed by atoms with Gasteiger partial charge in [-0.1, -0.05) is 13.8 Å². The van der Waals surface area contributed by atoms with Crippen LogP contribution in [0.3, 0.4) is 0 Å².